The molecule has 3 nitrogen and oxygen atoms in total. The minimum Gasteiger partial charge on any atom is -0.384 e. The van der Waals surface area contributed by atoms with Crippen molar-refractivity contribution in [3.05, 3.63) is 21.9 Å². The van der Waals surface area contributed by atoms with E-state index >= 15 is 0 Å². The van der Waals surface area contributed by atoms with Gasteiger partial charge in [-0.1, -0.05) is 18.8 Å². The highest BCUT2D eigenvalue weighted by molar-refractivity contribution is 7.98. The molecule has 1 aromatic rings. The Kier molecular flexibility index (Phi) is 6.88. The highest BCUT2D eigenvalue weighted by atomic mass is 32.2. The van der Waals surface area contributed by atoms with Crippen LogP contribution in [0.25, 0.3) is 0 Å². The van der Waals surface area contributed by atoms with Crippen molar-refractivity contribution >= 4 is 29.0 Å². The van der Waals surface area contributed by atoms with E-state index in [0.29, 0.717) is 17.3 Å². The van der Waals surface area contributed by atoms with Crippen molar-refractivity contribution in [2.24, 2.45) is 5.92 Å². The van der Waals surface area contributed by atoms with Gasteiger partial charge in [-0.3, -0.25) is 4.79 Å². The molecule has 18 heavy (non-hydrogen) atoms. The summed E-state index contributed by atoms with van der Waals surface area (Å²) in [6.45, 7) is 2.64. The van der Waals surface area contributed by atoms with Crippen LogP contribution in [0.4, 0.5) is 0 Å². The SMILES string of the molecule is CSCC(C)CNC(=O)c1ccc(C#CCO)s1. The molecule has 0 fully saturated rings. The second-order valence-electron chi connectivity index (χ2n) is 3.89. The van der Waals surface area contributed by atoms with Gasteiger partial charge in [-0.2, -0.15) is 11.8 Å². The molecule has 1 rings (SSSR count). The molecule has 1 unspecified atom stereocenters. The Morgan fingerprint density at radius 3 is 3.06 bits per heavy atom. The van der Waals surface area contributed by atoms with Crippen molar-refractivity contribution in [1.82, 2.24) is 5.32 Å². The molecule has 0 aliphatic heterocycles. The highest BCUT2D eigenvalue weighted by Crippen LogP contribution is 2.15. The number of hydrogen-bond acceptors (Lipinski definition) is 4. The third-order valence-electron chi connectivity index (χ3n) is 2.18. The van der Waals surface area contributed by atoms with E-state index in [9.17, 15) is 4.79 Å². The van der Waals surface area contributed by atoms with Crippen molar-refractivity contribution in [1.29, 1.82) is 0 Å². The average molecular weight is 283 g/mol. The van der Waals surface area contributed by atoms with Crippen molar-refractivity contribution in [2.45, 2.75) is 6.92 Å². The number of nitrogens with one attached hydrogen (secondary N) is 1. The lowest BCUT2D eigenvalue weighted by molar-refractivity contribution is 0.0953. The zero-order valence-corrected chi connectivity index (χ0v) is 12.2. The van der Waals surface area contributed by atoms with E-state index < -0.39 is 0 Å². The molecule has 0 spiro atoms. The van der Waals surface area contributed by atoms with Crippen molar-refractivity contribution in [3.63, 3.8) is 0 Å². The van der Waals surface area contributed by atoms with Crippen LogP contribution in [-0.4, -0.2) is 36.2 Å². The monoisotopic (exact) mass is 283 g/mol. The number of aliphatic hydroxyl groups is 1. The average Bonchev–Trinajstić information content (AvgIpc) is 2.82. The molecule has 98 valence electrons. The smallest absolute Gasteiger partial charge is 0.261 e. The largest absolute Gasteiger partial charge is 0.384 e. The van der Waals surface area contributed by atoms with Crippen molar-refractivity contribution in [3.8, 4) is 11.8 Å². The highest BCUT2D eigenvalue weighted by Gasteiger charge is 2.09. The molecule has 0 bridgehead atoms. The summed E-state index contributed by atoms with van der Waals surface area (Å²) in [6, 6.07) is 3.56. The molecule has 0 radical (unpaired) electrons. The Morgan fingerprint density at radius 1 is 1.61 bits per heavy atom. The molecule has 2 N–H and O–H groups in total. The van der Waals surface area contributed by atoms with Gasteiger partial charge in [0.15, 0.2) is 0 Å². The van der Waals surface area contributed by atoms with E-state index in [0.717, 1.165) is 10.6 Å². The van der Waals surface area contributed by atoms with Gasteiger partial charge in [-0.15, -0.1) is 11.3 Å². The minimum absolute atomic E-state index is 0.0509. The molecular weight excluding hydrogens is 266 g/mol. The van der Waals surface area contributed by atoms with Gasteiger partial charge in [-0.25, -0.2) is 0 Å². The second-order valence-corrected chi connectivity index (χ2v) is 5.89. The lowest BCUT2D eigenvalue weighted by Gasteiger charge is -2.10. The maximum atomic E-state index is 11.8. The van der Waals surface area contributed by atoms with Gasteiger partial charge in [0.25, 0.3) is 5.91 Å². The molecule has 1 heterocycles. The summed E-state index contributed by atoms with van der Waals surface area (Å²) in [7, 11) is 0. The standard InChI is InChI=1S/C13H17NO2S2/c1-10(9-17-2)8-14-13(16)12-6-5-11(18-12)4-3-7-15/h5-6,10,15H,7-9H2,1-2H3,(H,14,16). The van der Waals surface area contributed by atoms with Gasteiger partial charge in [0.1, 0.15) is 6.61 Å². The lowest BCUT2D eigenvalue weighted by Crippen LogP contribution is -2.28. The zero-order valence-electron chi connectivity index (χ0n) is 10.5. The number of hydrogen-bond donors (Lipinski definition) is 2. The first-order valence-corrected chi connectivity index (χ1v) is 7.85. The Bertz CT molecular complexity index is 445. The first-order valence-electron chi connectivity index (χ1n) is 5.64. The van der Waals surface area contributed by atoms with Crippen LogP contribution in [0, 0.1) is 17.8 Å². The molecule has 1 amide bonds. The van der Waals surface area contributed by atoms with Gasteiger partial charge < -0.3 is 10.4 Å². The van der Waals surface area contributed by atoms with Crippen molar-refractivity contribution in [2.75, 3.05) is 25.2 Å². The summed E-state index contributed by atoms with van der Waals surface area (Å²) < 4.78 is 0. The van der Waals surface area contributed by atoms with Crippen LogP contribution in [0.3, 0.4) is 0 Å². The van der Waals surface area contributed by atoms with E-state index in [1.165, 1.54) is 11.3 Å². The van der Waals surface area contributed by atoms with E-state index in [2.05, 4.69) is 30.3 Å². The fourth-order valence-corrected chi connectivity index (χ4v) is 2.84. The molecule has 0 aliphatic carbocycles. The van der Waals surface area contributed by atoms with E-state index in [1.807, 2.05) is 0 Å². The number of carbonyl (C=O) groups is 1. The first-order chi connectivity index (χ1) is 8.67. The predicted octanol–water partition coefficient (Wildman–Crippen LogP) is 1.82. The minimum atomic E-state index is -0.161. The van der Waals surface area contributed by atoms with Gasteiger partial charge >= 0.3 is 0 Å². The fraction of sp³-hybridized carbons (Fsp3) is 0.462. The zero-order chi connectivity index (χ0) is 13.4. The van der Waals surface area contributed by atoms with Crippen LogP contribution < -0.4 is 5.32 Å². The quantitative estimate of drug-likeness (QED) is 0.811. The molecular formula is C13H17NO2S2. The summed E-state index contributed by atoms with van der Waals surface area (Å²) in [5, 5.41) is 11.5. The van der Waals surface area contributed by atoms with Crippen LogP contribution >= 0.6 is 23.1 Å². The lowest BCUT2D eigenvalue weighted by atomic mass is 10.2. The molecule has 0 saturated carbocycles. The number of amides is 1. The Balaban J connectivity index is 2.49. The van der Waals surface area contributed by atoms with Gasteiger partial charge in [0.05, 0.1) is 9.75 Å². The maximum absolute atomic E-state index is 11.8. The number of thioether (sulfide) groups is 1. The number of aliphatic hydroxyl groups excluding tert-OH is 1. The first kappa shape index (κ1) is 15.1. The Labute approximate surface area is 116 Å². The van der Waals surface area contributed by atoms with Crippen LogP contribution in [-0.2, 0) is 0 Å². The van der Waals surface area contributed by atoms with Crippen LogP contribution in [0.5, 0.6) is 0 Å². The van der Waals surface area contributed by atoms with Crippen LogP contribution in [0.15, 0.2) is 12.1 Å². The van der Waals surface area contributed by atoms with Gasteiger partial charge in [0.2, 0.25) is 0 Å². The summed E-state index contributed by atoms with van der Waals surface area (Å²) in [6.07, 6.45) is 2.06. The molecule has 1 atom stereocenters. The number of thiophene rings is 1. The van der Waals surface area contributed by atoms with E-state index in [4.69, 9.17) is 5.11 Å². The molecule has 0 aromatic carbocycles. The Morgan fingerprint density at radius 2 is 2.39 bits per heavy atom. The molecule has 5 heteroatoms. The van der Waals surface area contributed by atoms with Gasteiger partial charge in [-0.05, 0) is 30.1 Å². The molecule has 0 saturated heterocycles. The number of carbonyl (C=O) groups excluding carboxylic acids is 1. The third kappa shape index (κ3) is 5.13. The van der Waals surface area contributed by atoms with Crippen molar-refractivity contribution < 1.29 is 9.90 Å². The molecule has 1 aromatic heterocycles. The predicted molar refractivity (Wildman–Crippen MR) is 78.2 cm³/mol. The maximum Gasteiger partial charge on any atom is 0.261 e. The fourth-order valence-electron chi connectivity index (χ4n) is 1.35. The summed E-state index contributed by atoms with van der Waals surface area (Å²) in [4.78, 5) is 13.3. The van der Waals surface area contributed by atoms with Crippen LogP contribution in [0.2, 0.25) is 0 Å². The van der Waals surface area contributed by atoms with Crippen LogP contribution in [0.1, 0.15) is 21.5 Å². The Hall–Kier alpha value is -0.960. The number of rotatable bonds is 5. The topological polar surface area (TPSA) is 49.3 Å². The summed E-state index contributed by atoms with van der Waals surface area (Å²) >= 11 is 3.12. The summed E-state index contributed by atoms with van der Waals surface area (Å²) in [5.41, 5.74) is 0. The second kappa shape index (κ2) is 8.20. The van der Waals surface area contributed by atoms with E-state index in [-0.39, 0.29) is 12.5 Å². The normalized spacial score (nSPS) is 11.5. The third-order valence-corrected chi connectivity index (χ3v) is 4.08. The summed E-state index contributed by atoms with van der Waals surface area (Å²) in [5.74, 6) is 6.81. The molecule has 0 aliphatic rings. The van der Waals surface area contributed by atoms with Gasteiger partial charge in [0, 0.05) is 6.54 Å². The van der Waals surface area contributed by atoms with E-state index in [1.54, 1.807) is 23.9 Å².